The van der Waals surface area contributed by atoms with Gasteiger partial charge in [0.1, 0.15) is 0 Å². The number of hydrogen-bond donors (Lipinski definition) is 0. The lowest BCUT2D eigenvalue weighted by atomic mass is 9.65. The van der Waals surface area contributed by atoms with Gasteiger partial charge >= 0.3 is 11.9 Å². The maximum absolute atomic E-state index is 11.0. The highest BCUT2D eigenvalue weighted by Crippen LogP contribution is 2.45. The van der Waals surface area contributed by atoms with Gasteiger partial charge in [0.2, 0.25) is 0 Å². The first kappa shape index (κ1) is 19.2. The molecule has 0 aromatic carbocycles. The van der Waals surface area contributed by atoms with Crippen LogP contribution in [-0.2, 0) is 19.1 Å². The summed E-state index contributed by atoms with van der Waals surface area (Å²) in [6, 6.07) is 0. The largest absolute Gasteiger partial charge is 0.435 e. The number of hydrogen-bond acceptors (Lipinski definition) is 4. The van der Waals surface area contributed by atoms with Gasteiger partial charge in [-0.25, -0.2) is 0 Å². The normalized spacial score (nSPS) is 21.3. The lowest BCUT2D eigenvalue weighted by molar-refractivity contribution is -0.136. The van der Waals surface area contributed by atoms with E-state index in [9.17, 15) is 9.59 Å². The Morgan fingerprint density at radius 1 is 1.26 bits per heavy atom. The highest BCUT2D eigenvalue weighted by atomic mass is 16.5. The lowest BCUT2D eigenvalue weighted by Gasteiger charge is -2.40. The zero-order valence-electron chi connectivity index (χ0n) is 14.7. The molecule has 4 nitrogen and oxygen atoms in total. The van der Waals surface area contributed by atoms with Crippen LogP contribution in [0.5, 0.6) is 0 Å². The van der Waals surface area contributed by atoms with Gasteiger partial charge in [-0.1, -0.05) is 26.0 Å². The molecule has 1 atom stereocenters. The molecule has 0 aromatic heterocycles. The Kier molecular flexibility index (Phi) is 7.27. The maximum atomic E-state index is 11.0. The molecule has 1 aliphatic carbocycles. The van der Waals surface area contributed by atoms with Gasteiger partial charge in [0.15, 0.2) is 0 Å². The second-order valence-corrected chi connectivity index (χ2v) is 6.81. The number of esters is 2. The number of rotatable bonds is 6. The summed E-state index contributed by atoms with van der Waals surface area (Å²) >= 11 is 0. The van der Waals surface area contributed by atoms with Crippen molar-refractivity contribution >= 4 is 11.9 Å². The molecular formula is C19H28O4. The van der Waals surface area contributed by atoms with Gasteiger partial charge in [-0.3, -0.25) is 9.59 Å². The van der Waals surface area contributed by atoms with E-state index >= 15 is 0 Å². The summed E-state index contributed by atoms with van der Waals surface area (Å²) < 4.78 is 9.78. The van der Waals surface area contributed by atoms with E-state index in [0.717, 1.165) is 24.8 Å². The van der Waals surface area contributed by atoms with E-state index in [-0.39, 0.29) is 17.4 Å². The quantitative estimate of drug-likeness (QED) is 0.309. The predicted octanol–water partition coefficient (Wildman–Crippen LogP) is 4.67. The second kappa shape index (κ2) is 8.70. The van der Waals surface area contributed by atoms with Crippen molar-refractivity contribution in [3.05, 3.63) is 36.3 Å². The molecule has 1 fully saturated rings. The number of carbonyl (C=O) groups is 2. The van der Waals surface area contributed by atoms with Gasteiger partial charge in [-0.2, -0.15) is 0 Å². The minimum absolute atomic E-state index is 0.238. The van der Waals surface area contributed by atoms with Crippen molar-refractivity contribution in [2.75, 3.05) is 0 Å². The van der Waals surface area contributed by atoms with Crippen LogP contribution in [0.4, 0.5) is 0 Å². The fourth-order valence-electron chi connectivity index (χ4n) is 3.14. The SMILES string of the molecule is C=C1CCCC(C)(C)C1CCC(C=COC(C)=O)=COC(C)=O. The molecule has 0 radical (unpaired) electrons. The van der Waals surface area contributed by atoms with Crippen molar-refractivity contribution in [1.82, 2.24) is 0 Å². The smallest absolute Gasteiger partial charge is 0.307 e. The van der Waals surface area contributed by atoms with Crippen LogP contribution in [0.3, 0.4) is 0 Å². The van der Waals surface area contributed by atoms with Crippen LogP contribution in [0.25, 0.3) is 0 Å². The summed E-state index contributed by atoms with van der Waals surface area (Å²) in [7, 11) is 0. The summed E-state index contributed by atoms with van der Waals surface area (Å²) in [4.78, 5) is 21.8. The number of carbonyl (C=O) groups excluding carboxylic acids is 2. The Hall–Kier alpha value is -1.84. The van der Waals surface area contributed by atoms with Gasteiger partial charge in [0.25, 0.3) is 0 Å². The predicted molar refractivity (Wildman–Crippen MR) is 90.3 cm³/mol. The molecule has 23 heavy (non-hydrogen) atoms. The van der Waals surface area contributed by atoms with Crippen molar-refractivity contribution in [1.29, 1.82) is 0 Å². The molecule has 0 spiro atoms. The van der Waals surface area contributed by atoms with E-state index in [2.05, 4.69) is 20.4 Å². The Bertz CT molecular complexity index is 511. The monoisotopic (exact) mass is 320 g/mol. The molecule has 0 saturated heterocycles. The van der Waals surface area contributed by atoms with E-state index in [1.165, 1.54) is 44.8 Å². The first-order chi connectivity index (χ1) is 10.7. The summed E-state index contributed by atoms with van der Waals surface area (Å²) in [5.74, 6) is -0.306. The molecule has 1 saturated carbocycles. The molecule has 0 N–H and O–H groups in total. The van der Waals surface area contributed by atoms with E-state index in [1.54, 1.807) is 6.08 Å². The molecule has 0 amide bonds. The Labute approximate surface area is 139 Å². The first-order valence-corrected chi connectivity index (χ1v) is 8.10. The molecule has 128 valence electrons. The standard InChI is InChI=1S/C19H28O4/c1-14-7-6-11-19(4,5)18(14)9-8-17(13-23-16(3)21)10-12-22-15(2)20/h10,12-13,18H,1,6-9,11H2,2-5H3. The fraction of sp³-hybridized carbons (Fsp3) is 0.579. The van der Waals surface area contributed by atoms with Gasteiger partial charge in [0, 0.05) is 13.8 Å². The molecule has 0 aromatic rings. The van der Waals surface area contributed by atoms with Crippen LogP contribution in [0, 0.1) is 11.3 Å². The molecular weight excluding hydrogens is 292 g/mol. The van der Waals surface area contributed by atoms with Gasteiger partial charge < -0.3 is 9.47 Å². The summed E-state index contributed by atoms with van der Waals surface area (Å²) in [5.41, 5.74) is 2.36. The van der Waals surface area contributed by atoms with Crippen LogP contribution in [0.15, 0.2) is 36.3 Å². The Morgan fingerprint density at radius 2 is 1.91 bits per heavy atom. The Balaban J connectivity index is 2.74. The maximum Gasteiger partial charge on any atom is 0.307 e. The topological polar surface area (TPSA) is 52.6 Å². The van der Waals surface area contributed by atoms with Crippen molar-refractivity contribution < 1.29 is 19.1 Å². The van der Waals surface area contributed by atoms with Crippen molar-refractivity contribution in [3.63, 3.8) is 0 Å². The van der Waals surface area contributed by atoms with Gasteiger partial charge in [0.05, 0.1) is 12.5 Å². The zero-order valence-corrected chi connectivity index (χ0v) is 14.7. The highest BCUT2D eigenvalue weighted by molar-refractivity contribution is 5.67. The molecule has 4 heteroatoms. The second-order valence-electron chi connectivity index (χ2n) is 6.81. The number of allylic oxidation sites excluding steroid dienone is 3. The minimum atomic E-state index is -0.380. The average molecular weight is 320 g/mol. The summed E-state index contributed by atoms with van der Waals surface area (Å²) in [6.07, 6.45) is 9.58. The summed E-state index contributed by atoms with van der Waals surface area (Å²) in [5, 5.41) is 0. The van der Waals surface area contributed by atoms with Crippen LogP contribution < -0.4 is 0 Å². The van der Waals surface area contributed by atoms with Crippen molar-refractivity contribution in [2.45, 2.75) is 59.8 Å². The van der Waals surface area contributed by atoms with E-state index in [0.29, 0.717) is 5.92 Å². The van der Waals surface area contributed by atoms with E-state index in [1.807, 2.05) is 0 Å². The number of ether oxygens (including phenoxy) is 2. The molecule has 0 heterocycles. The highest BCUT2D eigenvalue weighted by Gasteiger charge is 2.33. The fourth-order valence-corrected chi connectivity index (χ4v) is 3.14. The summed E-state index contributed by atoms with van der Waals surface area (Å²) in [6.45, 7) is 11.5. The molecule has 1 unspecified atom stereocenters. The zero-order chi connectivity index (χ0) is 17.5. The van der Waals surface area contributed by atoms with E-state index in [4.69, 9.17) is 9.47 Å². The average Bonchev–Trinajstić information content (AvgIpc) is 2.42. The third-order valence-corrected chi connectivity index (χ3v) is 4.37. The minimum Gasteiger partial charge on any atom is -0.435 e. The molecule has 0 aliphatic heterocycles. The third-order valence-electron chi connectivity index (χ3n) is 4.37. The Morgan fingerprint density at radius 3 is 2.48 bits per heavy atom. The first-order valence-electron chi connectivity index (χ1n) is 8.10. The van der Waals surface area contributed by atoms with Crippen LogP contribution in [0.2, 0.25) is 0 Å². The van der Waals surface area contributed by atoms with Crippen LogP contribution in [0.1, 0.15) is 59.8 Å². The molecule has 1 aliphatic rings. The van der Waals surface area contributed by atoms with Gasteiger partial charge in [-0.05, 0) is 55.1 Å². The van der Waals surface area contributed by atoms with Crippen LogP contribution in [-0.4, -0.2) is 11.9 Å². The van der Waals surface area contributed by atoms with Gasteiger partial charge in [-0.15, -0.1) is 0 Å². The van der Waals surface area contributed by atoms with Crippen molar-refractivity contribution in [2.24, 2.45) is 11.3 Å². The van der Waals surface area contributed by atoms with E-state index < -0.39 is 0 Å². The molecule has 0 bridgehead atoms. The van der Waals surface area contributed by atoms with Crippen molar-refractivity contribution in [3.8, 4) is 0 Å². The van der Waals surface area contributed by atoms with Crippen LogP contribution >= 0.6 is 0 Å². The lowest BCUT2D eigenvalue weighted by Crippen LogP contribution is -2.29. The third kappa shape index (κ3) is 6.85. The molecule has 1 rings (SSSR count).